The first-order chi connectivity index (χ1) is 15.1. The van der Waals surface area contributed by atoms with Crippen molar-refractivity contribution in [1.82, 2.24) is 15.2 Å². The van der Waals surface area contributed by atoms with Crippen LogP contribution in [0.1, 0.15) is 11.3 Å². The average molecular weight is 445 g/mol. The number of halogens is 3. The number of H-pyrrole nitrogens is 1. The fraction of sp³-hybridized carbons (Fsp3) is 0.227. The lowest BCUT2D eigenvalue weighted by Gasteiger charge is -2.14. The van der Waals surface area contributed by atoms with Crippen LogP contribution < -0.4 is 14.2 Å². The third-order valence-corrected chi connectivity index (χ3v) is 5.08. The zero-order valence-corrected chi connectivity index (χ0v) is 17.5. The van der Waals surface area contributed by atoms with Gasteiger partial charge in [0, 0.05) is 27.4 Å². The smallest absolute Gasteiger partial charge is 0.491 e. The highest BCUT2D eigenvalue weighted by Crippen LogP contribution is 2.40. The number of hydrogen-bond acceptors (Lipinski definition) is 6. The Morgan fingerprint density at radius 2 is 1.62 bits per heavy atom. The Morgan fingerprint density at radius 1 is 0.969 bits per heavy atom. The summed E-state index contributed by atoms with van der Waals surface area (Å²) >= 11 is 0. The summed E-state index contributed by atoms with van der Waals surface area (Å²) in [5.74, 6) is -1.43. The quantitative estimate of drug-likeness (QED) is 0.356. The summed E-state index contributed by atoms with van der Waals surface area (Å²) in [6.07, 6.45) is -5.08. The number of aromatic nitrogens is 3. The highest BCUT2D eigenvalue weighted by Gasteiger charge is 2.41. The molecule has 0 saturated heterocycles. The minimum atomic E-state index is -5.08. The van der Waals surface area contributed by atoms with E-state index in [-0.39, 0.29) is 5.75 Å². The van der Waals surface area contributed by atoms with Crippen molar-refractivity contribution in [3.63, 3.8) is 0 Å². The molecule has 0 amide bonds. The minimum Gasteiger partial charge on any atom is -0.493 e. The van der Waals surface area contributed by atoms with Crippen molar-refractivity contribution in [2.45, 2.75) is 20.0 Å². The SMILES string of the molecule is COc1cc2c(-c3ccc(OC(=O)C(F)(F)F)c(C)c3)nc3n[nH]c(C)c3c2cc1OC. The van der Waals surface area contributed by atoms with Crippen molar-refractivity contribution in [3.05, 3.63) is 41.6 Å². The van der Waals surface area contributed by atoms with Gasteiger partial charge in [-0.15, -0.1) is 0 Å². The number of carbonyl (C=O) groups excluding carboxylic acids is 1. The number of nitrogens with zero attached hydrogens (tertiary/aromatic N) is 2. The third-order valence-electron chi connectivity index (χ3n) is 5.08. The lowest BCUT2D eigenvalue weighted by atomic mass is 9.99. The first kappa shape index (κ1) is 21.4. The van der Waals surface area contributed by atoms with Crippen LogP contribution in [-0.2, 0) is 4.79 Å². The van der Waals surface area contributed by atoms with Crippen molar-refractivity contribution in [1.29, 1.82) is 0 Å². The van der Waals surface area contributed by atoms with Gasteiger partial charge in [0.05, 0.1) is 19.9 Å². The van der Waals surface area contributed by atoms with Gasteiger partial charge in [0.2, 0.25) is 0 Å². The van der Waals surface area contributed by atoms with E-state index in [4.69, 9.17) is 9.47 Å². The molecule has 4 rings (SSSR count). The fourth-order valence-electron chi connectivity index (χ4n) is 3.56. The van der Waals surface area contributed by atoms with Crippen LogP contribution >= 0.6 is 0 Å². The van der Waals surface area contributed by atoms with Crippen molar-refractivity contribution in [2.24, 2.45) is 0 Å². The summed E-state index contributed by atoms with van der Waals surface area (Å²) in [6.45, 7) is 3.42. The number of hydrogen-bond donors (Lipinski definition) is 1. The van der Waals surface area contributed by atoms with Gasteiger partial charge in [0.25, 0.3) is 0 Å². The maximum atomic E-state index is 12.6. The minimum absolute atomic E-state index is 0.184. The number of fused-ring (bicyclic) bond motifs is 3. The molecule has 0 spiro atoms. The molecule has 0 radical (unpaired) electrons. The van der Waals surface area contributed by atoms with Crippen LogP contribution in [0.25, 0.3) is 33.1 Å². The van der Waals surface area contributed by atoms with Crippen LogP contribution in [0.5, 0.6) is 17.2 Å². The first-order valence-electron chi connectivity index (χ1n) is 9.44. The summed E-state index contributed by atoms with van der Waals surface area (Å²) in [5, 5.41) is 9.55. The van der Waals surface area contributed by atoms with E-state index in [2.05, 4.69) is 19.9 Å². The van der Waals surface area contributed by atoms with Gasteiger partial charge in [-0.3, -0.25) is 5.10 Å². The maximum Gasteiger partial charge on any atom is 0.491 e. The van der Waals surface area contributed by atoms with E-state index < -0.39 is 12.1 Å². The Morgan fingerprint density at radius 3 is 2.22 bits per heavy atom. The van der Waals surface area contributed by atoms with Gasteiger partial charge < -0.3 is 14.2 Å². The number of benzene rings is 2. The second-order valence-corrected chi connectivity index (χ2v) is 7.13. The molecule has 7 nitrogen and oxygen atoms in total. The molecule has 4 aromatic rings. The van der Waals surface area contributed by atoms with Crippen LogP contribution in [0.4, 0.5) is 13.2 Å². The molecule has 2 aromatic heterocycles. The fourth-order valence-corrected chi connectivity index (χ4v) is 3.56. The summed E-state index contributed by atoms with van der Waals surface area (Å²) in [4.78, 5) is 15.9. The number of carbonyl (C=O) groups is 1. The summed E-state index contributed by atoms with van der Waals surface area (Å²) < 4.78 is 53.0. The van der Waals surface area contributed by atoms with Gasteiger partial charge in [-0.1, -0.05) is 0 Å². The summed E-state index contributed by atoms with van der Waals surface area (Å²) in [6, 6.07) is 8.06. The molecule has 10 heteroatoms. The third kappa shape index (κ3) is 3.57. The number of methoxy groups -OCH3 is 2. The number of pyridine rings is 1. The Hall–Kier alpha value is -3.82. The van der Waals surface area contributed by atoms with E-state index in [0.29, 0.717) is 34.0 Å². The first-order valence-corrected chi connectivity index (χ1v) is 9.44. The van der Waals surface area contributed by atoms with Gasteiger partial charge in [-0.25, -0.2) is 9.78 Å². The van der Waals surface area contributed by atoms with Crippen molar-refractivity contribution < 1.29 is 32.2 Å². The molecule has 166 valence electrons. The van der Waals surface area contributed by atoms with Gasteiger partial charge in [-0.05, 0) is 49.7 Å². The van der Waals surface area contributed by atoms with Crippen LogP contribution in [-0.4, -0.2) is 41.5 Å². The highest BCUT2D eigenvalue weighted by atomic mass is 19.4. The van der Waals surface area contributed by atoms with E-state index in [1.165, 1.54) is 26.4 Å². The van der Waals surface area contributed by atoms with Crippen LogP contribution in [0.15, 0.2) is 30.3 Å². The molecule has 0 saturated carbocycles. The van der Waals surface area contributed by atoms with Crippen molar-refractivity contribution >= 4 is 27.8 Å². The van der Waals surface area contributed by atoms with Crippen LogP contribution in [0, 0.1) is 13.8 Å². The second-order valence-electron chi connectivity index (χ2n) is 7.13. The molecular weight excluding hydrogens is 427 g/mol. The van der Waals surface area contributed by atoms with E-state index >= 15 is 0 Å². The molecule has 0 aliphatic carbocycles. The molecule has 0 aliphatic rings. The molecular formula is C22H18F3N3O4. The normalized spacial score (nSPS) is 11.7. The predicted octanol–water partition coefficient (Wildman–Crippen LogP) is 4.88. The molecule has 0 atom stereocenters. The Balaban J connectivity index is 1.92. The molecule has 32 heavy (non-hydrogen) atoms. The number of aromatic amines is 1. The van der Waals surface area contributed by atoms with E-state index in [0.717, 1.165) is 21.9 Å². The summed E-state index contributed by atoms with van der Waals surface area (Å²) in [5.41, 5.74) is 2.78. The molecule has 0 fully saturated rings. The number of aryl methyl sites for hydroxylation is 2. The summed E-state index contributed by atoms with van der Waals surface area (Å²) in [7, 11) is 3.06. The maximum absolute atomic E-state index is 12.6. The van der Waals surface area contributed by atoms with Crippen LogP contribution in [0.2, 0.25) is 0 Å². The largest absolute Gasteiger partial charge is 0.493 e. The lowest BCUT2D eigenvalue weighted by Crippen LogP contribution is -2.28. The zero-order valence-electron chi connectivity index (χ0n) is 17.5. The lowest BCUT2D eigenvalue weighted by molar-refractivity contribution is -0.189. The predicted molar refractivity (Wildman–Crippen MR) is 111 cm³/mol. The Labute approximate surface area is 180 Å². The molecule has 2 aromatic carbocycles. The Bertz CT molecular complexity index is 1360. The molecule has 2 heterocycles. The molecule has 0 unspecified atom stereocenters. The standard InChI is InChI=1S/C22H18F3N3O4/c1-10-7-12(5-6-15(10)32-21(29)22(23,24)25)19-14-9-17(31-4)16(30-3)8-13(14)18-11(2)27-28-20(18)26-19/h5-9H,1-4H3,(H,26,27,28). The molecule has 0 bridgehead atoms. The van der Waals surface area contributed by atoms with E-state index in [1.54, 1.807) is 19.1 Å². The Kier molecular flexibility index (Phi) is 5.15. The van der Waals surface area contributed by atoms with E-state index in [1.807, 2.05) is 13.0 Å². The van der Waals surface area contributed by atoms with Gasteiger partial charge in [0.15, 0.2) is 17.1 Å². The molecule has 0 aliphatic heterocycles. The monoisotopic (exact) mass is 445 g/mol. The zero-order chi connectivity index (χ0) is 23.2. The number of nitrogens with one attached hydrogen (secondary N) is 1. The van der Waals surface area contributed by atoms with Gasteiger partial charge in [0.1, 0.15) is 5.75 Å². The van der Waals surface area contributed by atoms with Crippen molar-refractivity contribution in [2.75, 3.05) is 14.2 Å². The second kappa shape index (κ2) is 7.70. The van der Waals surface area contributed by atoms with Crippen LogP contribution in [0.3, 0.4) is 0 Å². The number of ether oxygens (including phenoxy) is 3. The van der Waals surface area contributed by atoms with Gasteiger partial charge >= 0.3 is 12.1 Å². The number of esters is 1. The molecule has 1 N–H and O–H groups in total. The highest BCUT2D eigenvalue weighted by molar-refractivity contribution is 6.12. The topological polar surface area (TPSA) is 86.3 Å². The number of rotatable bonds is 4. The van der Waals surface area contributed by atoms with Gasteiger partial charge in [-0.2, -0.15) is 18.3 Å². The van der Waals surface area contributed by atoms with E-state index in [9.17, 15) is 18.0 Å². The average Bonchev–Trinajstić information content (AvgIpc) is 3.13. The van der Waals surface area contributed by atoms with Crippen molar-refractivity contribution in [3.8, 4) is 28.5 Å². The number of alkyl halides is 3.